The van der Waals surface area contributed by atoms with E-state index in [2.05, 4.69) is 22.9 Å². The van der Waals surface area contributed by atoms with Gasteiger partial charge in [0.15, 0.2) is 0 Å². The Balaban J connectivity index is 2.66. The van der Waals surface area contributed by atoms with Crippen LogP contribution in [0.3, 0.4) is 0 Å². The standard InChI is InChI=1S/C12H17BrFN/c1-2-3-10(8-15)6-9-4-5-12(14)11(13)7-9/h4-5,7,10H,2-3,6,8,15H2,1H3. The van der Waals surface area contributed by atoms with Crippen LogP contribution in [-0.4, -0.2) is 6.54 Å². The molecule has 0 radical (unpaired) electrons. The normalized spacial score (nSPS) is 12.8. The van der Waals surface area contributed by atoms with Gasteiger partial charge in [0.1, 0.15) is 5.82 Å². The van der Waals surface area contributed by atoms with Crippen LogP contribution in [0.1, 0.15) is 25.3 Å². The molecule has 1 atom stereocenters. The van der Waals surface area contributed by atoms with Crippen LogP contribution in [0.25, 0.3) is 0 Å². The van der Waals surface area contributed by atoms with Crippen molar-refractivity contribution in [2.75, 3.05) is 6.54 Å². The van der Waals surface area contributed by atoms with Crippen LogP contribution in [0, 0.1) is 11.7 Å². The highest BCUT2D eigenvalue weighted by molar-refractivity contribution is 9.10. The van der Waals surface area contributed by atoms with E-state index in [-0.39, 0.29) is 5.82 Å². The van der Waals surface area contributed by atoms with Crippen molar-refractivity contribution >= 4 is 15.9 Å². The third-order valence-electron chi connectivity index (χ3n) is 2.54. The maximum atomic E-state index is 13.0. The monoisotopic (exact) mass is 273 g/mol. The minimum absolute atomic E-state index is 0.210. The van der Waals surface area contributed by atoms with E-state index in [9.17, 15) is 4.39 Å². The second kappa shape index (κ2) is 6.23. The smallest absolute Gasteiger partial charge is 0.137 e. The van der Waals surface area contributed by atoms with Gasteiger partial charge in [0.05, 0.1) is 4.47 Å². The lowest BCUT2D eigenvalue weighted by atomic mass is 9.95. The van der Waals surface area contributed by atoms with Crippen LogP contribution in [0.5, 0.6) is 0 Å². The fourth-order valence-corrected chi connectivity index (χ4v) is 2.14. The third kappa shape index (κ3) is 3.92. The van der Waals surface area contributed by atoms with Crippen LogP contribution >= 0.6 is 15.9 Å². The third-order valence-corrected chi connectivity index (χ3v) is 3.15. The summed E-state index contributed by atoms with van der Waals surface area (Å²) in [5.41, 5.74) is 6.83. The van der Waals surface area contributed by atoms with Crippen molar-refractivity contribution in [1.82, 2.24) is 0 Å². The zero-order valence-corrected chi connectivity index (χ0v) is 10.6. The molecule has 0 aliphatic carbocycles. The van der Waals surface area contributed by atoms with Gasteiger partial charge in [-0.25, -0.2) is 4.39 Å². The predicted molar refractivity (Wildman–Crippen MR) is 65.3 cm³/mol. The lowest BCUT2D eigenvalue weighted by Crippen LogP contribution is -2.16. The molecule has 0 saturated heterocycles. The molecule has 0 saturated carbocycles. The summed E-state index contributed by atoms with van der Waals surface area (Å²) in [5.74, 6) is 0.297. The van der Waals surface area contributed by atoms with Gasteiger partial charge in [-0.05, 0) is 58.9 Å². The molecule has 1 unspecified atom stereocenters. The number of halogens is 2. The first-order chi connectivity index (χ1) is 7.17. The van der Waals surface area contributed by atoms with E-state index in [0.717, 1.165) is 24.8 Å². The highest BCUT2D eigenvalue weighted by Gasteiger charge is 2.08. The molecule has 0 spiro atoms. The predicted octanol–water partition coefficient (Wildman–Crippen LogP) is 3.51. The molecule has 0 amide bonds. The van der Waals surface area contributed by atoms with Gasteiger partial charge >= 0.3 is 0 Å². The van der Waals surface area contributed by atoms with Crippen molar-refractivity contribution in [3.8, 4) is 0 Å². The zero-order chi connectivity index (χ0) is 11.3. The Morgan fingerprint density at radius 1 is 1.47 bits per heavy atom. The molecule has 0 fully saturated rings. The Kier molecular flexibility index (Phi) is 5.26. The van der Waals surface area contributed by atoms with Gasteiger partial charge in [-0.1, -0.05) is 19.4 Å². The highest BCUT2D eigenvalue weighted by atomic mass is 79.9. The molecule has 1 rings (SSSR count). The molecule has 0 bridgehead atoms. The first kappa shape index (κ1) is 12.7. The molecule has 0 aliphatic rings. The van der Waals surface area contributed by atoms with E-state index in [1.807, 2.05) is 12.1 Å². The first-order valence-electron chi connectivity index (χ1n) is 5.31. The first-order valence-corrected chi connectivity index (χ1v) is 6.10. The van der Waals surface area contributed by atoms with E-state index in [1.54, 1.807) is 0 Å². The van der Waals surface area contributed by atoms with E-state index >= 15 is 0 Å². The average molecular weight is 274 g/mol. The van der Waals surface area contributed by atoms with Crippen molar-refractivity contribution in [1.29, 1.82) is 0 Å². The van der Waals surface area contributed by atoms with Gasteiger partial charge in [-0.2, -0.15) is 0 Å². The second-order valence-electron chi connectivity index (χ2n) is 3.84. The minimum atomic E-state index is -0.210. The Morgan fingerprint density at radius 3 is 2.73 bits per heavy atom. The molecule has 0 aliphatic heterocycles. The molecule has 0 aromatic heterocycles. The van der Waals surface area contributed by atoms with Gasteiger partial charge in [-0.15, -0.1) is 0 Å². The lowest BCUT2D eigenvalue weighted by molar-refractivity contribution is 0.487. The Morgan fingerprint density at radius 2 is 2.20 bits per heavy atom. The van der Waals surface area contributed by atoms with E-state index in [4.69, 9.17) is 5.73 Å². The van der Waals surface area contributed by atoms with Gasteiger partial charge in [0.2, 0.25) is 0 Å². The summed E-state index contributed by atoms with van der Waals surface area (Å²) in [6.45, 7) is 2.85. The maximum Gasteiger partial charge on any atom is 0.137 e. The minimum Gasteiger partial charge on any atom is -0.330 e. The van der Waals surface area contributed by atoms with Crippen molar-refractivity contribution in [2.45, 2.75) is 26.2 Å². The average Bonchev–Trinajstić information content (AvgIpc) is 2.23. The summed E-state index contributed by atoms with van der Waals surface area (Å²) in [6, 6.07) is 5.17. The summed E-state index contributed by atoms with van der Waals surface area (Å²) in [5, 5.41) is 0. The van der Waals surface area contributed by atoms with E-state index in [0.29, 0.717) is 16.9 Å². The number of nitrogens with two attached hydrogens (primary N) is 1. The molecule has 15 heavy (non-hydrogen) atoms. The van der Waals surface area contributed by atoms with Crippen LogP contribution in [0.4, 0.5) is 4.39 Å². The molecule has 1 nitrogen and oxygen atoms in total. The molecule has 0 heterocycles. The molecule has 1 aromatic rings. The van der Waals surface area contributed by atoms with Crippen molar-refractivity contribution in [3.05, 3.63) is 34.1 Å². The maximum absolute atomic E-state index is 13.0. The number of hydrogen-bond acceptors (Lipinski definition) is 1. The summed E-state index contributed by atoms with van der Waals surface area (Å²) in [7, 11) is 0. The number of rotatable bonds is 5. The van der Waals surface area contributed by atoms with Crippen LogP contribution in [0.15, 0.2) is 22.7 Å². The van der Waals surface area contributed by atoms with Crippen LogP contribution < -0.4 is 5.73 Å². The van der Waals surface area contributed by atoms with Crippen molar-refractivity contribution in [3.63, 3.8) is 0 Å². The van der Waals surface area contributed by atoms with Gasteiger partial charge in [0, 0.05) is 0 Å². The van der Waals surface area contributed by atoms with E-state index in [1.165, 1.54) is 6.07 Å². The van der Waals surface area contributed by atoms with Crippen molar-refractivity contribution < 1.29 is 4.39 Å². The Hall–Kier alpha value is -0.410. The van der Waals surface area contributed by atoms with Gasteiger partial charge < -0.3 is 5.73 Å². The highest BCUT2D eigenvalue weighted by Crippen LogP contribution is 2.20. The van der Waals surface area contributed by atoms with E-state index < -0.39 is 0 Å². The van der Waals surface area contributed by atoms with Gasteiger partial charge in [0.25, 0.3) is 0 Å². The molecule has 1 aromatic carbocycles. The SMILES string of the molecule is CCCC(CN)Cc1ccc(F)c(Br)c1. The summed E-state index contributed by atoms with van der Waals surface area (Å²) >= 11 is 3.19. The summed E-state index contributed by atoms with van der Waals surface area (Å²) < 4.78 is 13.5. The molecule has 84 valence electrons. The van der Waals surface area contributed by atoms with Crippen LogP contribution in [0.2, 0.25) is 0 Å². The summed E-state index contributed by atoms with van der Waals surface area (Å²) in [6.07, 6.45) is 3.21. The van der Waals surface area contributed by atoms with Crippen LogP contribution in [-0.2, 0) is 6.42 Å². The fourth-order valence-electron chi connectivity index (χ4n) is 1.71. The molecular weight excluding hydrogens is 257 g/mol. The second-order valence-corrected chi connectivity index (χ2v) is 4.70. The fraction of sp³-hybridized carbons (Fsp3) is 0.500. The number of hydrogen-bond donors (Lipinski definition) is 1. The molecular formula is C12H17BrFN. The molecule has 3 heteroatoms. The Bertz CT molecular complexity index is 314. The molecule has 2 N–H and O–H groups in total. The summed E-state index contributed by atoms with van der Waals surface area (Å²) in [4.78, 5) is 0. The Labute approximate surface area is 99.0 Å². The zero-order valence-electron chi connectivity index (χ0n) is 8.97. The number of benzene rings is 1. The lowest BCUT2D eigenvalue weighted by Gasteiger charge is -2.13. The van der Waals surface area contributed by atoms with Gasteiger partial charge in [-0.3, -0.25) is 0 Å². The largest absolute Gasteiger partial charge is 0.330 e. The quantitative estimate of drug-likeness (QED) is 0.873. The van der Waals surface area contributed by atoms with Crippen molar-refractivity contribution in [2.24, 2.45) is 11.7 Å². The topological polar surface area (TPSA) is 26.0 Å².